The number of rotatable bonds is 3. The summed E-state index contributed by atoms with van der Waals surface area (Å²) < 4.78 is 0. The highest BCUT2D eigenvalue weighted by Gasteiger charge is 2.15. The Morgan fingerprint density at radius 1 is 1.70 bits per heavy atom. The first-order valence-electron chi connectivity index (χ1n) is 4.25. The van der Waals surface area contributed by atoms with Crippen LogP contribution in [-0.4, -0.2) is 18.8 Å². The molecule has 1 rings (SSSR count). The van der Waals surface area contributed by atoms with Gasteiger partial charge in [0.25, 0.3) is 0 Å². The van der Waals surface area contributed by atoms with Gasteiger partial charge in [-0.15, -0.1) is 0 Å². The van der Waals surface area contributed by atoms with Gasteiger partial charge in [0.2, 0.25) is 0 Å². The van der Waals surface area contributed by atoms with Crippen LogP contribution in [0.1, 0.15) is 33.1 Å². The maximum absolute atomic E-state index is 4.41. The Morgan fingerprint density at radius 2 is 2.50 bits per heavy atom. The molecule has 0 spiro atoms. The van der Waals surface area contributed by atoms with E-state index >= 15 is 0 Å². The van der Waals surface area contributed by atoms with Crippen LogP contribution in [0, 0.1) is 0 Å². The van der Waals surface area contributed by atoms with Gasteiger partial charge in [0.15, 0.2) is 0 Å². The third kappa shape index (κ3) is 2.27. The number of hydrogen-bond donors (Lipinski definition) is 1. The zero-order valence-electron chi connectivity index (χ0n) is 6.93. The van der Waals surface area contributed by atoms with E-state index in [2.05, 4.69) is 24.5 Å². The quantitative estimate of drug-likeness (QED) is 0.626. The van der Waals surface area contributed by atoms with Crippen molar-refractivity contribution in [2.75, 3.05) is 6.54 Å². The van der Waals surface area contributed by atoms with Crippen LogP contribution in [0.2, 0.25) is 0 Å². The summed E-state index contributed by atoms with van der Waals surface area (Å²) in [4.78, 5) is 0. The molecule has 0 bridgehead atoms. The van der Waals surface area contributed by atoms with E-state index in [1.54, 1.807) is 0 Å². The van der Waals surface area contributed by atoms with E-state index in [1.165, 1.54) is 19.3 Å². The molecule has 2 nitrogen and oxygen atoms in total. The molecule has 1 radical (unpaired) electrons. The molecule has 1 aliphatic heterocycles. The third-order valence-corrected chi connectivity index (χ3v) is 2.07. The molecule has 1 fully saturated rings. The first kappa shape index (κ1) is 8.02. The zero-order valence-corrected chi connectivity index (χ0v) is 6.93. The second-order valence-corrected chi connectivity index (χ2v) is 3.04. The zero-order chi connectivity index (χ0) is 7.40. The Hall–Kier alpha value is -0.0800. The molecule has 1 heterocycles. The fraction of sp³-hybridized carbons (Fsp3) is 1.00. The first-order valence-corrected chi connectivity index (χ1v) is 4.25. The van der Waals surface area contributed by atoms with Crippen LogP contribution in [0.5, 0.6) is 0 Å². The molecule has 1 N–H and O–H groups in total. The molecule has 0 amide bonds. The minimum atomic E-state index is 0.468. The summed E-state index contributed by atoms with van der Waals surface area (Å²) in [5, 5.41) is 7.87. The fourth-order valence-electron chi connectivity index (χ4n) is 1.21. The molecule has 2 unspecified atom stereocenters. The second kappa shape index (κ2) is 3.94. The molecular weight excluding hydrogens is 124 g/mol. The third-order valence-electron chi connectivity index (χ3n) is 2.07. The van der Waals surface area contributed by atoms with Gasteiger partial charge < -0.3 is 0 Å². The lowest BCUT2D eigenvalue weighted by molar-refractivity contribution is 0.410. The Morgan fingerprint density at radius 3 is 3.00 bits per heavy atom. The van der Waals surface area contributed by atoms with Crippen LogP contribution in [0.25, 0.3) is 0 Å². The van der Waals surface area contributed by atoms with Crippen molar-refractivity contribution >= 4 is 0 Å². The van der Waals surface area contributed by atoms with Gasteiger partial charge in [-0.05, 0) is 26.2 Å². The molecule has 0 aliphatic carbocycles. The van der Waals surface area contributed by atoms with Gasteiger partial charge in [0.05, 0.1) is 6.17 Å². The summed E-state index contributed by atoms with van der Waals surface area (Å²) in [5.74, 6) is 0. The van der Waals surface area contributed by atoms with E-state index in [0.717, 1.165) is 6.54 Å². The van der Waals surface area contributed by atoms with Crippen molar-refractivity contribution in [3.8, 4) is 0 Å². The first-order chi connectivity index (χ1) is 4.83. The smallest absolute Gasteiger partial charge is 0.0738 e. The van der Waals surface area contributed by atoms with Gasteiger partial charge in [-0.2, -0.15) is 0 Å². The molecule has 1 aliphatic rings. The molecule has 10 heavy (non-hydrogen) atoms. The summed E-state index contributed by atoms with van der Waals surface area (Å²) in [7, 11) is 0. The van der Waals surface area contributed by atoms with Crippen molar-refractivity contribution < 1.29 is 0 Å². The number of nitrogens with one attached hydrogen (secondary N) is 1. The largest absolute Gasteiger partial charge is 0.298 e. The average Bonchev–Trinajstić information content (AvgIpc) is 2.40. The maximum atomic E-state index is 4.41. The number of hydrogen-bond acceptors (Lipinski definition) is 1. The molecular formula is C8H17N2. The monoisotopic (exact) mass is 141 g/mol. The van der Waals surface area contributed by atoms with E-state index in [1.807, 2.05) is 0 Å². The molecule has 59 valence electrons. The number of nitrogens with zero attached hydrogens (tertiary/aromatic N) is 1. The Kier molecular flexibility index (Phi) is 3.16. The highest BCUT2D eigenvalue weighted by Crippen LogP contribution is 2.05. The standard InChI is InChI=1S/C8H17N2/c1-3-7(2)10-8-5-4-6-9-8/h7-8,10H,3-6H2,1-2H3. The summed E-state index contributed by atoms with van der Waals surface area (Å²) in [6, 6.07) is 0.631. The van der Waals surface area contributed by atoms with Gasteiger partial charge >= 0.3 is 0 Å². The average molecular weight is 141 g/mol. The Bertz CT molecular complexity index is 87.3. The summed E-state index contributed by atoms with van der Waals surface area (Å²) in [5.41, 5.74) is 0. The summed E-state index contributed by atoms with van der Waals surface area (Å²) in [6.07, 6.45) is 4.18. The van der Waals surface area contributed by atoms with Crippen molar-refractivity contribution in [3.05, 3.63) is 0 Å². The molecule has 0 aromatic carbocycles. The maximum Gasteiger partial charge on any atom is 0.0738 e. The Labute approximate surface area is 63.4 Å². The normalized spacial score (nSPS) is 28.8. The summed E-state index contributed by atoms with van der Waals surface area (Å²) in [6.45, 7) is 5.48. The van der Waals surface area contributed by atoms with Crippen LogP contribution < -0.4 is 10.6 Å². The van der Waals surface area contributed by atoms with Gasteiger partial charge in [-0.1, -0.05) is 6.92 Å². The SMILES string of the molecule is CCC(C)NC1CCC[N]1. The lowest BCUT2D eigenvalue weighted by Crippen LogP contribution is -2.38. The molecule has 0 aromatic heterocycles. The van der Waals surface area contributed by atoms with E-state index in [4.69, 9.17) is 0 Å². The van der Waals surface area contributed by atoms with Crippen molar-refractivity contribution in [2.45, 2.75) is 45.3 Å². The minimum absolute atomic E-state index is 0.468. The fourth-order valence-corrected chi connectivity index (χ4v) is 1.21. The summed E-state index contributed by atoms with van der Waals surface area (Å²) >= 11 is 0. The van der Waals surface area contributed by atoms with Crippen molar-refractivity contribution in [2.24, 2.45) is 0 Å². The molecule has 2 heteroatoms. The van der Waals surface area contributed by atoms with Gasteiger partial charge in [0, 0.05) is 12.6 Å². The molecule has 1 saturated heterocycles. The second-order valence-electron chi connectivity index (χ2n) is 3.04. The van der Waals surface area contributed by atoms with E-state index < -0.39 is 0 Å². The Balaban J connectivity index is 2.11. The lowest BCUT2D eigenvalue weighted by atomic mass is 10.2. The van der Waals surface area contributed by atoms with Crippen LogP contribution >= 0.6 is 0 Å². The van der Waals surface area contributed by atoms with E-state index in [9.17, 15) is 0 Å². The topological polar surface area (TPSA) is 26.1 Å². The molecule has 0 saturated carbocycles. The van der Waals surface area contributed by atoms with Crippen LogP contribution in [-0.2, 0) is 0 Å². The van der Waals surface area contributed by atoms with Gasteiger partial charge in [-0.25, -0.2) is 5.32 Å². The highest BCUT2D eigenvalue weighted by atomic mass is 15.1. The van der Waals surface area contributed by atoms with Crippen LogP contribution in [0.15, 0.2) is 0 Å². The van der Waals surface area contributed by atoms with E-state index in [0.29, 0.717) is 12.2 Å². The highest BCUT2D eigenvalue weighted by molar-refractivity contribution is 4.73. The van der Waals surface area contributed by atoms with Crippen molar-refractivity contribution in [3.63, 3.8) is 0 Å². The van der Waals surface area contributed by atoms with Crippen molar-refractivity contribution in [1.82, 2.24) is 10.6 Å². The lowest BCUT2D eigenvalue weighted by Gasteiger charge is -2.16. The molecule has 0 aromatic rings. The van der Waals surface area contributed by atoms with Gasteiger partial charge in [-0.3, -0.25) is 5.32 Å². The minimum Gasteiger partial charge on any atom is -0.298 e. The predicted octanol–water partition coefficient (Wildman–Crippen LogP) is 1.10. The predicted molar refractivity (Wildman–Crippen MR) is 42.9 cm³/mol. The van der Waals surface area contributed by atoms with Crippen LogP contribution in [0.4, 0.5) is 0 Å². The molecule has 2 atom stereocenters. The van der Waals surface area contributed by atoms with Crippen LogP contribution in [0.3, 0.4) is 0 Å². The van der Waals surface area contributed by atoms with Gasteiger partial charge in [0.1, 0.15) is 0 Å². The van der Waals surface area contributed by atoms with Crippen molar-refractivity contribution in [1.29, 1.82) is 0 Å². The van der Waals surface area contributed by atoms with E-state index in [-0.39, 0.29) is 0 Å².